The van der Waals surface area contributed by atoms with Crippen LogP contribution in [0.1, 0.15) is 49.8 Å². The van der Waals surface area contributed by atoms with Gasteiger partial charge in [-0.25, -0.2) is 0 Å². The van der Waals surface area contributed by atoms with Gasteiger partial charge in [0, 0.05) is 43.9 Å². The molecule has 5 nitrogen and oxygen atoms in total. The van der Waals surface area contributed by atoms with Crippen molar-refractivity contribution in [2.75, 3.05) is 26.2 Å². The van der Waals surface area contributed by atoms with Crippen LogP contribution in [-0.2, 0) is 0 Å². The number of piperazine rings is 1. The van der Waals surface area contributed by atoms with Crippen molar-refractivity contribution in [3.63, 3.8) is 0 Å². The summed E-state index contributed by atoms with van der Waals surface area (Å²) in [6.45, 7) is 8.03. The molecule has 0 bridgehead atoms. The Kier molecular flexibility index (Phi) is 11.2. The van der Waals surface area contributed by atoms with E-state index in [1.807, 2.05) is 6.07 Å². The molecule has 0 saturated carbocycles. The third-order valence-corrected chi connectivity index (χ3v) is 4.49. The number of nitro benzene ring substituents is 1. The van der Waals surface area contributed by atoms with Crippen molar-refractivity contribution in [2.24, 2.45) is 0 Å². The molecule has 2 rings (SSSR count). The Hall–Kier alpha value is -0.880. The van der Waals surface area contributed by atoms with E-state index in [4.69, 9.17) is 0 Å². The Morgan fingerprint density at radius 1 is 1.25 bits per heavy atom. The van der Waals surface area contributed by atoms with Gasteiger partial charge in [-0.15, -0.1) is 24.8 Å². The summed E-state index contributed by atoms with van der Waals surface area (Å²) in [5, 5.41) is 14.6. The fraction of sp³-hybridized carbons (Fsp3) is 0.647. The van der Waals surface area contributed by atoms with E-state index in [1.54, 1.807) is 13.0 Å². The molecule has 1 aromatic carbocycles. The topological polar surface area (TPSA) is 58.4 Å². The molecule has 7 heteroatoms. The van der Waals surface area contributed by atoms with E-state index < -0.39 is 0 Å². The second kappa shape index (κ2) is 11.6. The molecule has 1 N–H and O–H groups in total. The number of unbranched alkanes of at least 4 members (excludes halogenated alkanes) is 2. The highest BCUT2D eigenvalue weighted by Gasteiger charge is 2.24. The monoisotopic (exact) mass is 377 g/mol. The van der Waals surface area contributed by atoms with E-state index in [1.165, 1.54) is 19.3 Å². The summed E-state index contributed by atoms with van der Waals surface area (Å²) in [4.78, 5) is 13.4. The second-order valence-electron chi connectivity index (χ2n) is 6.10. The smallest absolute Gasteiger partial charge is 0.272 e. The Labute approximate surface area is 157 Å². The lowest BCUT2D eigenvalue weighted by Gasteiger charge is -2.35. The molecular weight excluding hydrogens is 349 g/mol. The molecule has 0 aliphatic carbocycles. The number of benzene rings is 1. The van der Waals surface area contributed by atoms with Crippen LogP contribution < -0.4 is 5.32 Å². The molecule has 0 unspecified atom stereocenters. The van der Waals surface area contributed by atoms with Crippen LogP contribution in [0.4, 0.5) is 5.69 Å². The number of nitrogens with zero attached hydrogens (tertiary/aromatic N) is 2. The predicted octanol–water partition coefficient (Wildman–Crippen LogP) is 4.27. The molecule has 0 amide bonds. The fourth-order valence-electron chi connectivity index (χ4n) is 3.17. The summed E-state index contributed by atoms with van der Waals surface area (Å²) in [7, 11) is 0. The molecule has 0 radical (unpaired) electrons. The minimum Gasteiger partial charge on any atom is -0.314 e. The molecule has 0 aromatic heterocycles. The van der Waals surface area contributed by atoms with E-state index >= 15 is 0 Å². The standard InChI is InChI=1S/C17H27N3O2.2ClH/c1-3-4-5-6-16(19-11-9-18-10-12-19)15-8-7-14(2)17(13-15)20(21)22;;/h7-8,13,16,18H,3-6,9-12H2,1-2H3;2*1H/t16-;;/m0../s1. The van der Waals surface area contributed by atoms with E-state index in [9.17, 15) is 10.1 Å². The molecule has 1 atom stereocenters. The van der Waals surface area contributed by atoms with Crippen LogP contribution in [0, 0.1) is 17.0 Å². The van der Waals surface area contributed by atoms with Crippen LogP contribution in [-0.4, -0.2) is 36.0 Å². The molecule has 1 aromatic rings. The highest BCUT2D eigenvalue weighted by atomic mass is 35.5. The van der Waals surface area contributed by atoms with Crippen LogP contribution in [0.2, 0.25) is 0 Å². The number of hydrogen-bond donors (Lipinski definition) is 1. The zero-order chi connectivity index (χ0) is 15.9. The Morgan fingerprint density at radius 2 is 1.92 bits per heavy atom. The largest absolute Gasteiger partial charge is 0.314 e. The lowest BCUT2D eigenvalue weighted by molar-refractivity contribution is -0.385. The van der Waals surface area contributed by atoms with Gasteiger partial charge in [-0.05, 0) is 18.9 Å². The maximum atomic E-state index is 11.2. The minimum atomic E-state index is -0.264. The molecule has 138 valence electrons. The maximum Gasteiger partial charge on any atom is 0.272 e. The van der Waals surface area contributed by atoms with Gasteiger partial charge in [-0.3, -0.25) is 15.0 Å². The average Bonchev–Trinajstić information content (AvgIpc) is 2.53. The quantitative estimate of drug-likeness (QED) is 0.437. The molecule has 1 aliphatic rings. The first-order valence-corrected chi connectivity index (χ1v) is 8.33. The van der Waals surface area contributed by atoms with Crippen molar-refractivity contribution in [1.29, 1.82) is 0 Å². The average molecular weight is 378 g/mol. The van der Waals surface area contributed by atoms with Crippen molar-refractivity contribution < 1.29 is 4.92 Å². The number of halogens is 2. The molecule has 1 fully saturated rings. The van der Waals surface area contributed by atoms with Gasteiger partial charge in [0.2, 0.25) is 0 Å². The first-order valence-electron chi connectivity index (χ1n) is 8.33. The van der Waals surface area contributed by atoms with Gasteiger partial charge in [0.25, 0.3) is 5.69 Å². The maximum absolute atomic E-state index is 11.2. The van der Waals surface area contributed by atoms with Crippen LogP contribution in [0.25, 0.3) is 0 Å². The van der Waals surface area contributed by atoms with Crippen molar-refractivity contribution in [3.05, 3.63) is 39.4 Å². The summed E-state index contributed by atoms with van der Waals surface area (Å²) < 4.78 is 0. The van der Waals surface area contributed by atoms with Gasteiger partial charge >= 0.3 is 0 Å². The van der Waals surface area contributed by atoms with E-state index in [-0.39, 0.29) is 35.4 Å². The SMILES string of the molecule is CCCCC[C@@H](c1ccc(C)c([N+](=O)[O-])c1)N1CCNCC1.Cl.Cl. The summed E-state index contributed by atoms with van der Waals surface area (Å²) >= 11 is 0. The van der Waals surface area contributed by atoms with Gasteiger partial charge < -0.3 is 5.32 Å². The Morgan fingerprint density at radius 3 is 2.50 bits per heavy atom. The van der Waals surface area contributed by atoms with Crippen molar-refractivity contribution in [2.45, 2.75) is 45.6 Å². The summed E-state index contributed by atoms with van der Waals surface area (Å²) in [6, 6.07) is 6.05. The number of aryl methyl sites for hydroxylation is 1. The molecule has 1 aliphatic heterocycles. The molecule has 1 heterocycles. The molecule has 24 heavy (non-hydrogen) atoms. The minimum absolute atomic E-state index is 0. The summed E-state index contributed by atoms with van der Waals surface area (Å²) in [5.74, 6) is 0. The number of nitro groups is 1. The van der Waals surface area contributed by atoms with Gasteiger partial charge in [-0.2, -0.15) is 0 Å². The van der Waals surface area contributed by atoms with Gasteiger partial charge in [0.1, 0.15) is 0 Å². The van der Waals surface area contributed by atoms with E-state index in [0.29, 0.717) is 6.04 Å². The fourth-order valence-corrected chi connectivity index (χ4v) is 3.17. The van der Waals surface area contributed by atoms with Gasteiger partial charge in [0.05, 0.1) is 4.92 Å². The Bertz CT molecular complexity index is 509. The van der Waals surface area contributed by atoms with E-state index in [0.717, 1.165) is 43.7 Å². The molecule has 1 saturated heterocycles. The third-order valence-electron chi connectivity index (χ3n) is 4.49. The predicted molar refractivity (Wildman–Crippen MR) is 104 cm³/mol. The first kappa shape index (κ1) is 23.1. The van der Waals surface area contributed by atoms with Crippen molar-refractivity contribution >= 4 is 30.5 Å². The van der Waals surface area contributed by atoms with Crippen LogP contribution in [0.5, 0.6) is 0 Å². The van der Waals surface area contributed by atoms with Crippen molar-refractivity contribution in [3.8, 4) is 0 Å². The molecule has 0 spiro atoms. The zero-order valence-corrected chi connectivity index (χ0v) is 16.1. The number of nitrogens with one attached hydrogen (secondary N) is 1. The normalized spacial score (nSPS) is 15.9. The first-order chi connectivity index (χ1) is 10.6. The lowest BCUT2D eigenvalue weighted by atomic mass is 9.96. The highest BCUT2D eigenvalue weighted by molar-refractivity contribution is 5.85. The zero-order valence-electron chi connectivity index (χ0n) is 14.5. The molecular formula is C17H29Cl2N3O2. The Balaban J connectivity index is 0.00000264. The summed E-state index contributed by atoms with van der Waals surface area (Å²) in [6.07, 6.45) is 4.67. The number of rotatable bonds is 7. The van der Waals surface area contributed by atoms with Gasteiger partial charge in [0.15, 0.2) is 0 Å². The van der Waals surface area contributed by atoms with Crippen LogP contribution in [0.15, 0.2) is 18.2 Å². The van der Waals surface area contributed by atoms with Crippen LogP contribution >= 0.6 is 24.8 Å². The number of hydrogen-bond acceptors (Lipinski definition) is 4. The second-order valence-corrected chi connectivity index (χ2v) is 6.10. The summed E-state index contributed by atoms with van der Waals surface area (Å²) in [5.41, 5.74) is 2.07. The third kappa shape index (κ3) is 6.20. The van der Waals surface area contributed by atoms with Crippen LogP contribution in [0.3, 0.4) is 0 Å². The highest BCUT2D eigenvalue weighted by Crippen LogP contribution is 2.30. The van der Waals surface area contributed by atoms with E-state index in [2.05, 4.69) is 23.2 Å². The lowest BCUT2D eigenvalue weighted by Crippen LogP contribution is -2.45. The van der Waals surface area contributed by atoms with Crippen molar-refractivity contribution in [1.82, 2.24) is 10.2 Å². The van der Waals surface area contributed by atoms with Gasteiger partial charge in [-0.1, -0.05) is 38.3 Å².